The fourth-order valence-electron chi connectivity index (χ4n) is 6.16. The summed E-state index contributed by atoms with van der Waals surface area (Å²) in [5, 5.41) is 22.2. The summed E-state index contributed by atoms with van der Waals surface area (Å²) in [7, 11) is 6.45. The van der Waals surface area contributed by atoms with E-state index in [1.54, 1.807) is 19.0 Å². The zero-order valence-electron chi connectivity index (χ0n) is 19.8. The van der Waals surface area contributed by atoms with Crippen LogP contribution in [0.25, 0.3) is 0 Å². The lowest BCUT2D eigenvalue weighted by Gasteiger charge is -2.52. The van der Waals surface area contributed by atoms with Gasteiger partial charge in [-0.3, -0.25) is 33.7 Å². The minimum atomic E-state index is -2.78. The van der Waals surface area contributed by atoms with Gasteiger partial charge in [0.25, 0.3) is 0 Å². The molecule has 0 heterocycles. The van der Waals surface area contributed by atoms with Gasteiger partial charge in [0.05, 0.1) is 23.1 Å². The Morgan fingerprint density at radius 1 is 1.14 bits per heavy atom. The third-order valence-electron chi connectivity index (χ3n) is 7.68. The molecule has 3 aliphatic rings. The van der Waals surface area contributed by atoms with Crippen molar-refractivity contribution in [3.05, 3.63) is 22.8 Å². The van der Waals surface area contributed by atoms with Gasteiger partial charge < -0.3 is 20.8 Å². The number of primary amides is 1. The maximum Gasteiger partial charge on any atom is 0.235 e. The monoisotopic (exact) mass is 485 g/mol. The van der Waals surface area contributed by atoms with Crippen molar-refractivity contribution in [1.82, 2.24) is 4.90 Å². The van der Waals surface area contributed by atoms with E-state index in [1.165, 1.54) is 25.1 Å². The van der Waals surface area contributed by atoms with E-state index in [1.807, 2.05) is 0 Å². The predicted molar refractivity (Wildman–Crippen MR) is 121 cm³/mol. The number of nitrogens with zero attached hydrogens (tertiary/aromatic N) is 2. The zero-order chi connectivity index (χ0) is 26.1. The van der Waals surface area contributed by atoms with Crippen molar-refractivity contribution >= 4 is 41.0 Å². The Bertz CT molecular complexity index is 1210. The van der Waals surface area contributed by atoms with E-state index >= 15 is 0 Å². The van der Waals surface area contributed by atoms with Crippen LogP contribution < -0.4 is 10.6 Å². The number of Topliss-reactive ketones (excluding diaryl/α,β-unsaturated/α-hetero) is 4. The maximum atomic E-state index is 13.7. The molecule has 2 saturated carbocycles. The molecule has 0 radical (unpaired) electrons. The third-order valence-corrected chi connectivity index (χ3v) is 7.68. The van der Waals surface area contributed by atoms with Crippen molar-refractivity contribution in [2.75, 3.05) is 33.1 Å². The number of rotatable bonds is 4. The molecule has 1 aromatic rings. The van der Waals surface area contributed by atoms with E-state index in [0.29, 0.717) is 17.5 Å². The number of nitrogens with two attached hydrogens (primary N) is 1. The van der Waals surface area contributed by atoms with Crippen LogP contribution in [0.3, 0.4) is 0 Å². The molecule has 0 aliphatic heterocycles. The van der Waals surface area contributed by atoms with E-state index in [4.69, 9.17) is 5.73 Å². The first-order chi connectivity index (χ1) is 16.3. The molecule has 186 valence electrons. The molecule has 6 atom stereocenters. The molecular formula is C24H27N3O8. The number of phenolic OH excluding ortho intramolecular Hbond substituents is 1. The van der Waals surface area contributed by atoms with Gasteiger partial charge in [-0.05, 0) is 44.5 Å². The molecule has 4 rings (SSSR count). The Kier molecular flexibility index (Phi) is 5.68. The molecule has 0 spiro atoms. The number of hydrogen-bond donors (Lipinski definition) is 3. The van der Waals surface area contributed by atoms with Crippen LogP contribution in [0.15, 0.2) is 6.07 Å². The minimum Gasteiger partial charge on any atom is -0.506 e. The number of aldehydes is 1. The lowest BCUT2D eigenvalue weighted by Crippen LogP contribution is -2.74. The number of likely N-dealkylation sites (N-methyl/N-ethyl adjacent to an activating group) is 1. The standard InChI is InChI=1S/C24H27N3O8/c1-26(2)13-7-10(8-28)18(29)15-11(13)5-9-6-12-17(27(3)4)20(31)16(23(25)34)22(33)24(12,35)21(32)14(9)19(15)30/h7-9,12,14,16-17,29,35H,5-6H2,1-4H3,(H2,25,34)/t9-,12-,14?,16?,17+,24-/m0/s1. The molecule has 0 bridgehead atoms. The van der Waals surface area contributed by atoms with E-state index in [2.05, 4.69) is 0 Å². The number of amides is 1. The number of phenols is 1. The highest BCUT2D eigenvalue weighted by Gasteiger charge is 2.69. The van der Waals surface area contributed by atoms with Crippen LogP contribution in [0, 0.1) is 23.7 Å². The van der Waals surface area contributed by atoms with E-state index < -0.39 is 70.1 Å². The molecule has 1 amide bonds. The normalized spacial score (nSPS) is 32.1. The summed E-state index contributed by atoms with van der Waals surface area (Å²) < 4.78 is 0. The number of aliphatic hydroxyl groups is 1. The summed E-state index contributed by atoms with van der Waals surface area (Å²) >= 11 is 0. The summed E-state index contributed by atoms with van der Waals surface area (Å²) in [4.78, 5) is 80.3. The lowest BCUT2D eigenvalue weighted by molar-refractivity contribution is -0.181. The second-order valence-electron chi connectivity index (χ2n) is 9.99. The van der Waals surface area contributed by atoms with Crippen LogP contribution in [-0.4, -0.2) is 90.3 Å². The highest BCUT2D eigenvalue weighted by atomic mass is 16.3. The van der Waals surface area contributed by atoms with Gasteiger partial charge in [-0.2, -0.15) is 0 Å². The molecule has 35 heavy (non-hydrogen) atoms. The number of carbonyl (C=O) groups excluding carboxylic acids is 6. The Morgan fingerprint density at radius 3 is 2.29 bits per heavy atom. The summed E-state index contributed by atoms with van der Waals surface area (Å²) in [6.07, 6.45) is 0.489. The van der Waals surface area contributed by atoms with Crippen molar-refractivity contribution in [2.24, 2.45) is 29.4 Å². The SMILES string of the molecule is CN(C)c1cc(C=O)c(O)c2c1C[C@H]1C[C@H]3[C@@H](N(C)C)C(=O)C(C(N)=O)C(=O)[C@@]3(O)C(=O)C1C2=O. The van der Waals surface area contributed by atoms with E-state index in [0.717, 1.165) is 0 Å². The average molecular weight is 485 g/mol. The molecule has 11 heteroatoms. The van der Waals surface area contributed by atoms with Gasteiger partial charge in [0.1, 0.15) is 5.75 Å². The van der Waals surface area contributed by atoms with Gasteiger partial charge in [-0.25, -0.2) is 0 Å². The van der Waals surface area contributed by atoms with Crippen molar-refractivity contribution in [3.63, 3.8) is 0 Å². The first-order valence-corrected chi connectivity index (χ1v) is 11.1. The van der Waals surface area contributed by atoms with Crippen molar-refractivity contribution in [3.8, 4) is 5.75 Å². The van der Waals surface area contributed by atoms with Gasteiger partial charge in [-0.15, -0.1) is 0 Å². The number of hydrogen-bond acceptors (Lipinski definition) is 10. The average Bonchev–Trinajstić information content (AvgIpc) is 2.75. The van der Waals surface area contributed by atoms with Crippen molar-refractivity contribution in [1.29, 1.82) is 0 Å². The molecule has 4 N–H and O–H groups in total. The Morgan fingerprint density at radius 2 is 1.77 bits per heavy atom. The van der Waals surface area contributed by atoms with Crippen LogP contribution in [0.1, 0.15) is 32.7 Å². The first-order valence-electron chi connectivity index (χ1n) is 11.1. The fourth-order valence-corrected chi connectivity index (χ4v) is 6.16. The molecule has 2 fully saturated rings. The fraction of sp³-hybridized carbons (Fsp3) is 0.500. The van der Waals surface area contributed by atoms with Crippen LogP contribution in [-0.2, 0) is 25.6 Å². The van der Waals surface area contributed by atoms with Gasteiger partial charge >= 0.3 is 0 Å². The second-order valence-corrected chi connectivity index (χ2v) is 9.99. The molecule has 2 unspecified atom stereocenters. The molecule has 11 nitrogen and oxygen atoms in total. The van der Waals surface area contributed by atoms with Crippen molar-refractivity contribution < 1.29 is 39.0 Å². The largest absolute Gasteiger partial charge is 0.506 e. The van der Waals surface area contributed by atoms with Crippen LogP contribution in [0.4, 0.5) is 5.69 Å². The number of fused-ring (bicyclic) bond motifs is 3. The Balaban J connectivity index is 1.92. The third kappa shape index (κ3) is 3.18. The van der Waals surface area contributed by atoms with Gasteiger partial charge in [0.2, 0.25) is 5.91 Å². The highest BCUT2D eigenvalue weighted by Crippen LogP contribution is 2.52. The smallest absolute Gasteiger partial charge is 0.235 e. The molecule has 1 aromatic carbocycles. The molecule has 0 saturated heterocycles. The maximum absolute atomic E-state index is 13.7. The van der Waals surface area contributed by atoms with Gasteiger partial charge in [-0.1, -0.05) is 0 Å². The minimum absolute atomic E-state index is 0.0348. The van der Waals surface area contributed by atoms with Gasteiger partial charge in [0, 0.05) is 25.7 Å². The number of benzene rings is 1. The first kappa shape index (κ1) is 24.7. The number of ketones is 4. The topological polar surface area (TPSA) is 175 Å². The van der Waals surface area contributed by atoms with Crippen LogP contribution in [0.2, 0.25) is 0 Å². The molecule has 0 aromatic heterocycles. The molecule has 3 aliphatic carbocycles. The van der Waals surface area contributed by atoms with E-state index in [-0.39, 0.29) is 24.0 Å². The number of aromatic hydroxyl groups is 1. The Labute approximate surface area is 200 Å². The Hall–Kier alpha value is -3.44. The second kappa shape index (κ2) is 8.06. The molecular weight excluding hydrogens is 458 g/mol. The summed E-state index contributed by atoms with van der Waals surface area (Å²) in [5.41, 5.74) is 3.12. The zero-order valence-corrected chi connectivity index (χ0v) is 19.8. The summed E-state index contributed by atoms with van der Waals surface area (Å²) in [6.45, 7) is 0. The predicted octanol–water partition coefficient (Wildman–Crippen LogP) is -1.25. The number of anilines is 1. The number of carbonyl (C=O) groups is 6. The highest BCUT2D eigenvalue weighted by molar-refractivity contribution is 6.32. The van der Waals surface area contributed by atoms with E-state index in [9.17, 15) is 39.0 Å². The van der Waals surface area contributed by atoms with Crippen LogP contribution >= 0.6 is 0 Å². The van der Waals surface area contributed by atoms with Gasteiger partial charge in [0.15, 0.2) is 40.9 Å². The quantitative estimate of drug-likeness (QED) is 0.345. The summed E-state index contributed by atoms with van der Waals surface area (Å²) in [5.74, 6) is -11.3. The van der Waals surface area contributed by atoms with Crippen molar-refractivity contribution in [2.45, 2.75) is 24.5 Å². The lowest BCUT2D eigenvalue weighted by atomic mass is 9.52. The van der Waals surface area contributed by atoms with Crippen LogP contribution in [0.5, 0.6) is 5.75 Å². The summed E-state index contributed by atoms with van der Waals surface area (Å²) in [6, 6.07) is 0.291.